The minimum atomic E-state index is 0.0355. The molecule has 1 amide bonds. The van der Waals surface area contributed by atoms with Crippen LogP contribution >= 0.6 is 0 Å². The SMILES string of the molecule is CN(Cc1ccc2c(c1)OCO2)C(=O)Cc1coc2ccc3ccccc3c12. The molecule has 0 N–H and O–H groups in total. The van der Waals surface area contributed by atoms with E-state index in [0.717, 1.165) is 44.4 Å². The molecule has 0 atom stereocenters. The minimum absolute atomic E-state index is 0.0355. The topological polar surface area (TPSA) is 51.9 Å². The van der Waals surface area contributed by atoms with Crippen LogP contribution < -0.4 is 9.47 Å². The molecule has 2 heterocycles. The van der Waals surface area contributed by atoms with Gasteiger partial charge in [-0.3, -0.25) is 4.79 Å². The van der Waals surface area contributed by atoms with Crippen LogP contribution in [0.15, 0.2) is 65.3 Å². The highest BCUT2D eigenvalue weighted by Gasteiger charge is 2.18. The lowest BCUT2D eigenvalue weighted by Gasteiger charge is -2.17. The summed E-state index contributed by atoms with van der Waals surface area (Å²) in [4.78, 5) is 14.6. The number of benzene rings is 3. The average Bonchev–Trinajstić information content (AvgIpc) is 3.34. The minimum Gasteiger partial charge on any atom is -0.464 e. The number of furan rings is 1. The molecule has 1 aromatic heterocycles. The molecule has 140 valence electrons. The van der Waals surface area contributed by atoms with E-state index in [4.69, 9.17) is 13.9 Å². The number of hydrogen-bond donors (Lipinski definition) is 0. The summed E-state index contributed by atoms with van der Waals surface area (Å²) in [6.07, 6.45) is 1.99. The molecule has 1 aliphatic heterocycles. The number of nitrogens with zero attached hydrogens (tertiary/aromatic N) is 1. The summed E-state index contributed by atoms with van der Waals surface area (Å²) in [6.45, 7) is 0.751. The first-order chi connectivity index (χ1) is 13.7. The van der Waals surface area contributed by atoms with Gasteiger partial charge in [0.15, 0.2) is 11.5 Å². The number of amides is 1. The van der Waals surface area contributed by atoms with Crippen LogP contribution in [-0.4, -0.2) is 24.6 Å². The number of likely N-dealkylation sites (N-methyl/N-ethyl adjacent to an activating group) is 1. The molecule has 0 unspecified atom stereocenters. The molecule has 28 heavy (non-hydrogen) atoms. The monoisotopic (exact) mass is 373 g/mol. The van der Waals surface area contributed by atoms with E-state index < -0.39 is 0 Å². The fourth-order valence-electron chi connectivity index (χ4n) is 3.70. The molecule has 0 radical (unpaired) electrons. The second-order valence-electron chi connectivity index (χ2n) is 7.03. The normalized spacial score (nSPS) is 12.6. The van der Waals surface area contributed by atoms with E-state index in [9.17, 15) is 4.79 Å². The van der Waals surface area contributed by atoms with Gasteiger partial charge in [0.2, 0.25) is 12.7 Å². The van der Waals surface area contributed by atoms with E-state index in [-0.39, 0.29) is 12.7 Å². The van der Waals surface area contributed by atoms with Gasteiger partial charge in [0, 0.05) is 24.5 Å². The van der Waals surface area contributed by atoms with Gasteiger partial charge in [0.1, 0.15) is 5.58 Å². The van der Waals surface area contributed by atoms with Crippen molar-refractivity contribution in [3.63, 3.8) is 0 Å². The largest absolute Gasteiger partial charge is 0.464 e. The first-order valence-corrected chi connectivity index (χ1v) is 9.19. The standard InChI is InChI=1S/C23H19NO4/c1-24(12-15-6-8-19-21(10-15)28-14-27-19)22(25)11-17-13-26-20-9-7-16-4-2-3-5-18(16)23(17)20/h2-10,13H,11-12,14H2,1H3. The fourth-order valence-corrected chi connectivity index (χ4v) is 3.70. The Kier molecular flexibility index (Phi) is 3.93. The average molecular weight is 373 g/mol. The fraction of sp³-hybridized carbons (Fsp3) is 0.174. The maximum atomic E-state index is 12.9. The lowest BCUT2D eigenvalue weighted by molar-refractivity contribution is -0.129. The van der Waals surface area contributed by atoms with Crippen LogP contribution in [0, 0.1) is 0 Å². The van der Waals surface area contributed by atoms with Crippen LogP contribution in [-0.2, 0) is 17.8 Å². The number of rotatable bonds is 4. The van der Waals surface area contributed by atoms with E-state index in [1.54, 1.807) is 11.2 Å². The van der Waals surface area contributed by atoms with E-state index in [1.807, 2.05) is 49.5 Å². The molecule has 5 rings (SSSR count). The molecule has 0 fully saturated rings. The molecule has 0 bridgehead atoms. The maximum Gasteiger partial charge on any atom is 0.231 e. The Bertz CT molecular complexity index is 1190. The third-order valence-electron chi connectivity index (χ3n) is 5.16. The zero-order chi connectivity index (χ0) is 19.1. The van der Waals surface area contributed by atoms with Gasteiger partial charge < -0.3 is 18.8 Å². The zero-order valence-electron chi connectivity index (χ0n) is 15.5. The maximum absolute atomic E-state index is 12.9. The Balaban J connectivity index is 1.38. The van der Waals surface area contributed by atoms with E-state index in [1.165, 1.54) is 0 Å². The number of ether oxygens (including phenoxy) is 2. The van der Waals surface area contributed by atoms with Gasteiger partial charge >= 0.3 is 0 Å². The van der Waals surface area contributed by atoms with Gasteiger partial charge in [-0.2, -0.15) is 0 Å². The highest BCUT2D eigenvalue weighted by atomic mass is 16.7. The van der Waals surface area contributed by atoms with Crippen molar-refractivity contribution in [2.75, 3.05) is 13.8 Å². The van der Waals surface area contributed by atoms with Gasteiger partial charge in [-0.05, 0) is 34.5 Å². The number of fused-ring (bicyclic) bond motifs is 4. The summed E-state index contributed by atoms with van der Waals surface area (Å²) in [5.74, 6) is 1.51. The van der Waals surface area contributed by atoms with Crippen molar-refractivity contribution in [2.24, 2.45) is 0 Å². The van der Waals surface area contributed by atoms with Crippen molar-refractivity contribution in [1.29, 1.82) is 0 Å². The lowest BCUT2D eigenvalue weighted by atomic mass is 10.0. The number of carbonyl (C=O) groups excluding carboxylic acids is 1. The van der Waals surface area contributed by atoms with Crippen LogP contribution in [0.5, 0.6) is 11.5 Å². The first kappa shape index (κ1) is 16.7. The Morgan fingerprint density at radius 1 is 1.04 bits per heavy atom. The van der Waals surface area contributed by atoms with Gasteiger partial charge in [0.25, 0.3) is 0 Å². The quantitative estimate of drug-likeness (QED) is 0.528. The number of hydrogen-bond acceptors (Lipinski definition) is 4. The summed E-state index contributed by atoms with van der Waals surface area (Å²) in [6, 6.07) is 17.9. The molecule has 0 saturated carbocycles. The first-order valence-electron chi connectivity index (χ1n) is 9.19. The molecule has 5 heteroatoms. The van der Waals surface area contributed by atoms with Gasteiger partial charge in [-0.15, -0.1) is 0 Å². The molecular weight excluding hydrogens is 354 g/mol. The smallest absolute Gasteiger partial charge is 0.231 e. The second kappa shape index (κ2) is 6.60. The van der Waals surface area contributed by atoms with E-state index in [2.05, 4.69) is 12.1 Å². The third kappa shape index (κ3) is 2.85. The Morgan fingerprint density at radius 2 is 1.89 bits per heavy atom. The molecule has 0 spiro atoms. The van der Waals surface area contributed by atoms with Gasteiger partial charge in [-0.1, -0.05) is 36.4 Å². The van der Waals surface area contributed by atoms with E-state index >= 15 is 0 Å². The van der Waals surface area contributed by atoms with Crippen LogP contribution in [0.25, 0.3) is 21.7 Å². The van der Waals surface area contributed by atoms with Gasteiger partial charge in [-0.25, -0.2) is 0 Å². The van der Waals surface area contributed by atoms with E-state index in [0.29, 0.717) is 13.0 Å². The van der Waals surface area contributed by atoms with Crippen molar-refractivity contribution in [2.45, 2.75) is 13.0 Å². The molecule has 4 aromatic rings. The lowest BCUT2D eigenvalue weighted by Crippen LogP contribution is -2.27. The second-order valence-corrected chi connectivity index (χ2v) is 7.03. The highest BCUT2D eigenvalue weighted by molar-refractivity contribution is 6.08. The summed E-state index contributed by atoms with van der Waals surface area (Å²) in [7, 11) is 1.81. The van der Waals surface area contributed by atoms with Crippen molar-refractivity contribution < 1.29 is 18.7 Å². The van der Waals surface area contributed by atoms with Crippen LogP contribution in [0.4, 0.5) is 0 Å². The molecule has 5 nitrogen and oxygen atoms in total. The van der Waals surface area contributed by atoms with Crippen LogP contribution in [0.1, 0.15) is 11.1 Å². The van der Waals surface area contributed by atoms with Crippen molar-refractivity contribution in [3.8, 4) is 11.5 Å². The molecular formula is C23H19NO4. The molecule has 1 aliphatic rings. The molecule has 0 saturated heterocycles. The van der Waals surface area contributed by atoms with Crippen molar-refractivity contribution in [1.82, 2.24) is 4.90 Å². The highest BCUT2D eigenvalue weighted by Crippen LogP contribution is 2.33. The molecule has 0 aliphatic carbocycles. The Hall–Kier alpha value is -3.47. The third-order valence-corrected chi connectivity index (χ3v) is 5.16. The summed E-state index contributed by atoms with van der Waals surface area (Å²) in [5, 5.41) is 3.26. The Labute approximate surface area is 162 Å². The predicted octanol–water partition coefficient (Wildman–Crippen LogP) is 4.52. The van der Waals surface area contributed by atoms with Crippen LogP contribution in [0.2, 0.25) is 0 Å². The van der Waals surface area contributed by atoms with Crippen molar-refractivity contribution >= 4 is 27.6 Å². The summed E-state index contributed by atoms with van der Waals surface area (Å²) >= 11 is 0. The zero-order valence-corrected chi connectivity index (χ0v) is 15.5. The number of carbonyl (C=O) groups is 1. The molecule has 3 aromatic carbocycles. The summed E-state index contributed by atoms with van der Waals surface area (Å²) < 4.78 is 16.5. The van der Waals surface area contributed by atoms with Crippen molar-refractivity contribution in [3.05, 3.63) is 72.0 Å². The Morgan fingerprint density at radius 3 is 2.82 bits per heavy atom. The van der Waals surface area contributed by atoms with Gasteiger partial charge in [0.05, 0.1) is 12.7 Å². The summed E-state index contributed by atoms with van der Waals surface area (Å²) in [5.41, 5.74) is 2.72. The van der Waals surface area contributed by atoms with Crippen LogP contribution in [0.3, 0.4) is 0 Å². The predicted molar refractivity (Wildman–Crippen MR) is 106 cm³/mol.